The fourth-order valence-corrected chi connectivity index (χ4v) is 4.39. The van der Waals surface area contributed by atoms with Crippen molar-refractivity contribution in [2.75, 3.05) is 26.2 Å². The van der Waals surface area contributed by atoms with Crippen molar-refractivity contribution in [3.8, 4) is 0 Å². The van der Waals surface area contributed by atoms with Gasteiger partial charge in [0.2, 0.25) is 15.9 Å². The molecule has 0 atom stereocenters. The van der Waals surface area contributed by atoms with E-state index in [1.54, 1.807) is 46.1 Å². The summed E-state index contributed by atoms with van der Waals surface area (Å²) in [5, 5.41) is 4.04. The number of aromatic nitrogens is 2. The summed E-state index contributed by atoms with van der Waals surface area (Å²) in [5.74, 6) is -0.130. The van der Waals surface area contributed by atoms with Gasteiger partial charge >= 0.3 is 0 Å². The van der Waals surface area contributed by atoms with E-state index in [2.05, 4.69) is 21.0 Å². The van der Waals surface area contributed by atoms with Gasteiger partial charge in [0.25, 0.3) is 0 Å². The molecule has 1 saturated heterocycles. The normalized spacial score (nSPS) is 16.3. The molecule has 1 aromatic heterocycles. The Morgan fingerprint density at radius 2 is 1.81 bits per heavy atom. The minimum atomic E-state index is -3.53. The van der Waals surface area contributed by atoms with Crippen molar-refractivity contribution in [1.82, 2.24) is 19.0 Å². The van der Waals surface area contributed by atoms with E-state index in [1.165, 1.54) is 10.4 Å². The van der Waals surface area contributed by atoms with Crippen LogP contribution in [0.25, 0.3) is 6.08 Å². The molecule has 0 radical (unpaired) electrons. The van der Waals surface area contributed by atoms with Crippen molar-refractivity contribution >= 4 is 37.9 Å². The Bertz CT molecular complexity index is 914. The third-order valence-electron chi connectivity index (χ3n) is 4.14. The van der Waals surface area contributed by atoms with Gasteiger partial charge in [-0.3, -0.25) is 9.48 Å². The first-order valence-electron chi connectivity index (χ1n) is 8.07. The van der Waals surface area contributed by atoms with Crippen LogP contribution in [0.2, 0.25) is 0 Å². The molecule has 1 amide bonds. The summed E-state index contributed by atoms with van der Waals surface area (Å²) >= 11 is 3.30. The number of halogens is 1. The van der Waals surface area contributed by atoms with E-state index in [0.29, 0.717) is 13.1 Å². The maximum absolute atomic E-state index is 12.7. The maximum Gasteiger partial charge on any atom is 0.246 e. The number of carbonyl (C=O) groups is 1. The Kier molecular flexibility index (Phi) is 5.59. The molecule has 1 fully saturated rings. The third-order valence-corrected chi connectivity index (χ3v) is 6.59. The molecule has 0 unspecified atom stereocenters. The van der Waals surface area contributed by atoms with Gasteiger partial charge in [0, 0.05) is 55.5 Å². The summed E-state index contributed by atoms with van der Waals surface area (Å²) in [5.41, 5.74) is 0.845. The zero-order valence-electron chi connectivity index (χ0n) is 14.2. The molecular formula is C17H19BrN4O3S. The Morgan fingerprint density at radius 3 is 2.38 bits per heavy atom. The second-order valence-corrected chi connectivity index (χ2v) is 8.82. The second kappa shape index (κ2) is 7.73. The van der Waals surface area contributed by atoms with Crippen LogP contribution < -0.4 is 0 Å². The van der Waals surface area contributed by atoms with Crippen LogP contribution >= 0.6 is 15.9 Å². The second-order valence-electron chi connectivity index (χ2n) is 5.96. The summed E-state index contributed by atoms with van der Waals surface area (Å²) in [7, 11) is -1.73. The van der Waals surface area contributed by atoms with E-state index in [4.69, 9.17) is 0 Å². The molecule has 0 aliphatic carbocycles. The highest BCUT2D eigenvalue weighted by Crippen LogP contribution is 2.20. The summed E-state index contributed by atoms with van der Waals surface area (Å²) < 4.78 is 29.3. The van der Waals surface area contributed by atoms with Crippen LogP contribution in [0, 0.1) is 0 Å². The van der Waals surface area contributed by atoms with Crippen molar-refractivity contribution in [3.05, 3.63) is 52.8 Å². The molecule has 1 aliphatic heterocycles. The van der Waals surface area contributed by atoms with Crippen molar-refractivity contribution in [3.63, 3.8) is 0 Å². The molecule has 0 spiro atoms. The van der Waals surface area contributed by atoms with Crippen LogP contribution in [-0.4, -0.2) is 59.5 Å². The van der Waals surface area contributed by atoms with Crippen LogP contribution in [0.15, 0.2) is 52.1 Å². The average Bonchev–Trinajstić information content (AvgIpc) is 3.05. The number of hydrogen-bond acceptors (Lipinski definition) is 4. The summed E-state index contributed by atoms with van der Waals surface area (Å²) in [6.07, 6.45) is 6.69. The zero-order chi connectivity index (χ0) is 18.7. The molecule has 1 aliphatic rings. The number of piperazine rings is 1. The van der Waals surface area contributed by atoms with Gasteiger partial charge in [-0.25, -0.2) is 8.42 Å². The fourth-order valence-electron chi connectivity index (χ4n) is 2.70. The van der Waals surface area contributed by atoms with E-state index < -0.39 is 10.0 Å². The van der Waals surface area contributed by atoms with Crippen LogP contribution in [0.5, 0.6) is 0 Å². The lowest BCUT2D eigenvalue weighted by Crippen LogP contribution is -2.50. The number of aryl methyl sites for hydroxylation is 1. The molecule has 3 rings (SSSR count). The highest BCUT2D eigenvalue weighted by Gasteiger charge is 2.29. The van der Waals surface area contributed by atoms with Gasteiger partial charge in [0.1, 0.15) is 0 Å². The van der Waals surface area contributed by atoms with E-state index >= 15 is 0 Å². The predicted molar refractivity (Wildman–Crippen MR) is 102 cm³/mol. The zero-order valence-corrected chi connectivity index (χ0v) is 16.6. The van der Waals surface area contributed by atoms with E-state index in [-0.39, 0.29) is 23.9 Å². The highest BCUT2D eigenvalue weighted by molar-refractivity contribution is 9.10. The van der Waals surface area contributed by atoms with Crippen molar-refractivity contribution in [1.29, 1.82) is 0 Å². The molecule has 7 nitrogen and oxygen atoms in total. The Balaban J connectivity index is 1.60. The van der Waals surface area contributed by atoms with Crippen LogP contribution in [0.3, 0.4) is 0 Å². The number of sulfonamides is 1. The number of hydrogen-bond donors (Lipinski definition) is 0. The lowest BCUT2D eigenvalue weighted by molar-refractivity contribution is -0.127. The monoisotopic (exact) mass is 438 g/mol. The van der Waals surface area contributed by atoms with Crippen molar-refractivity contribution in [2.45, 2.75) is 4.90 Å². The fraction of sp³-hybridized carbons (Fsp3) is 0.294. The molecule has 0 bridgehead atoms. The number of amides is 1. The first kappa shape index (κ1) is 18.8. The maximum atomic E-state index is 12.7. The average molecular weight is 439 g/mol. The first-order valence-corrected chi connectivity index (χ1v) is 10.3. The van der Waals surface area contributed by atoms with Crippen molar-refractivity contribution < 1.29 is 13.2 Å². The van der Waals surface area contributed by atoms with Crippen LogP contribution in [-0.2, 0) is 21.9 Å². The predicted octanol–water partition coefficient (Wildman–Crippen LogP) is 1.73. The number of rotatable bonds is 4. The molecular weight excluding hydrogens is 420 g/mol. The first-order chi connectivity index (χ1) is 12.4. The van der Waals surface area contributed by atoms with E-state index in [9.17, 15) is 13.2 Å². The largest absolute Gasteiger partial charge is 0.337 e. The van der Waals surface area contributed by atoms with Gasteiger partial charge in [-0.05, 0) is 30.3 Å². The number of nitrogens with zero attached hydrogens (tertiary/aromatic N) is 4. The summed E-state index contributed by atoms with van der Waals surface area (Å²) in [4.78, 5) is 14.2. The summed E-state index contributed by atoms with van der Waals surface area (Å²) in [6.45, 7) is 1.30. The SMILES string of the molecule is Cn1cc(C=CC(=O)N2CCN(S(=O)(=O)c3ccc(Br)cc3)CC2)cn1. The number of benzene rings is 1. The molecule has 138 valence electrons. The molecule has 26 heavy (non-hydrogen) atoms. The minimum Gasteiger partial charge on any atom is -0.337 e. The Labute approximate surface area is 161 Å². The molecule has 9 heteroatoms. The van der Waals surface area contributed by atoms with E-state index in [1.807, 2.05) is 13.2 Å². The summed E-state index contributed by atoms with van der Waals surface area (Å²) in [6, 6.07) is 6.56. The Hall–Kier alpha value is -1.97. The highest BCUT2D eigenvalue weighted by atomic mass is 79.9. The van der Waals surface area contributed by atoms with Crippen molar-refractivity contribution in [2.24, 2.45) is 7.05 Å². The molecule has 0 saturated carbocycles. The van der Waals surface area contributed by atoms with Gasteiger partial charge in [-0.15, -0.1) is 0 Å². The minimum absolute atomic E-state index is 0.130. The Morgan fingerprint density at radius 1 is 1.15 bits per heavy atom. The van der Waals surface area contributed by atoms with Gasteiger partial charge in [-0.1, -0.05) is 15.9 Å². The molecule has 1 aromatic carbocycles. The molecule has 0 N–H and O–H groups in total. The topological polar surface area (TPSA) is 75.5 Å². The molecule has 2 heterocycles. The third kappa shape index (κ3) is 4.22. The lowest BCUT2D eigenvalue weighted by Gasteiger charge is -2.33. The van der Waals surface area contributed by atoms with Gasteiger partial charge in [0.15, 0.2) is 0 Å². The van der Waals surface area contributed by atoms with Gasteiger partial charge in [0.05, 0.1) is 11.1 Å². The van der Waals surface area contributed by atoms with E-state index in [0.717, 1.165) is 10.0 Å². The molecule has 2 aromatic rings. The van der Waals surface area contributed by atoms with Crippen LogP contribution in [0.4, 0.5) is 0 Å². The lowest BCUT2D eigenvalue weighted by atomic mass is 10.3. The van der Waals surface area contributed by atoms with Gasteiger partial charge < -0.3 is 4.90 Å². The number of carbonyl (C=O) groups excluding carboxylic acids is 1. The standard InChI is InChI=1S/C17H19BrN4O3S/c1-20-13-14(12-19-20)2-7-17(23)21-8-10-22(11-9-21)26(24,25)16-5-3-15(18)4-6-16/h2-7,12-13H,8-11H2,1H3. The van der Waals surface area contributed by atoms with Crippen LogP contribution in [0.1, 0.15) is 5.56 Å². The smallest absolute Gasteiger partial charge is 0.246 e. The van der Waals surface area contributed by atoms with Gasteiger partial charge in [-0.2, -0.15) is 9.40 Å². The quantitative estimate of drug-likeness (QED) is 0.681.